The summed E-state index contributed by atoms with van der Waals surface area (Å²) in [6.07, 6.45) is 0. The van der Waals surface area contributed by atoms with E-state index in [0.717, 1.165) is 27.7 Å². The molecule has 154 valence electrons. The molecule has 0 saturated heterocycles. The molecule has 0 saturated carbocycles. The summed E-state index contributed by atoms with van der Waals surface area (Å²) in [5.74, 6) is 0.828. The van der Waals surface area contributed by atoms with Crippen molar-refractivity contribution in [2.45, 2.75) is 20.1 Å². The minimum absolute atomic E-state index is 0.268. The Hall–Kier alpha value is -3.52. The van der Waals surface area contributed by atoms with Gasteiger partial charge in [-0.2, -0.15) is 4.98 Å². The molecule has 2 aromatic heterocycles. The van der Waals surface area contributed by atoms with Crippen LogP contribution in [0.4, 0.5) is 10.2 Å². The molecule has 2 aromatic carbocycles. The van der Waals surface area contributed by atoms with Gasteiger partial charge in [-0.25, -0.2) is 4.39 Å². The molecular formula is C22H22FN5O2. The Morgan fingerprint density at radius 2 is 1.90 bits per heavy atom. The average molecular weight is 407 g/mol. The molecule has 0 unspecified atom stereocenters. The van der Waals surface area contributed by atoms with Crippen molar-refractivity contribution in [3.8, 4) is 11.8 Å². The minimum atomic E-state index is -0.288. The van der Waals surface area contributed by atoms with Gasteiger partial charge in [0.25, 0.3) is 11.8 Å². The lowest BCUT2D eigenvalue weighted by Gasteiger charge is -2.12. The van der Waals surface area contributed by atoms with Crippen molar-refractivity contribution in [1.29, 1.82) is 0 Å². The minimum Gasteiger partial charge on any atom is -0.477 e. The highest BCUT2D eigenvalue weighted by Gasteiger charge is 2.16. The molecule has 0 radical (unpaired) electrons. The summed E-state index contributed by atoms with van der Waals surface area (Å²) in [6.45, 7) is 2.88. The standard InChI is InChI=1S/C22H22FN5O2/c1-14-10-18-16(13-29-2)7-5-9-19(18)28(14)22-25-20(21(30-3)26-27-22)24-12-15-6-4-8-17(23)11-15/h4-11H,12-13H2,1-3H3,(H,24,25,27). The van der Waals surface area contributed by atoms with E-state index in [1.165, 1.54) is 19.2 Å². The zero-order chi connectivity index (χ0) is 21.1. The Labute approximate surface area is 173 Å². The number of ether oxygens (including phenoxy) is 2. The van der Waals surface area contributed by atoms with Crippen molar-refractivity contribution >= 4 is 16.7 Å². The van der Waals surface area contributed by atoms with E-state index in [-0.39, 0.29) is 11.7 Å². The fourth-order valence-electron chi connectivity index (χ4n) is 3.46. The molecule has 7 nitrogen and oxygen atoms in total. The topological polar surface area (TPSA) is 74.1 Å². The van der Waals surface area contributed by atoms with Crippen LogP contribution in [0.15, 0.2) is 48.5 Å². The van der Waals surface area contributed by atoms with Crippen molar-refractivity contribution in [1.82, 2.24) is 19.7 Å². The van der Waals surface area contributed by atoms with E-state index in [1.807, 2.05) is 35.8 Å². The molecule has 30 heavy (non-hydrogen) atoms. The second-order valence-electron chi connectivity index (χ2n) is 6.86. The van der Waals surface area contributed by atoms with Gasteiger partial charge in [0.05, 0.1) is 19.2 Å². The Morgan fingerprint density at radius 3 is 2.67 bits per heavy atom. The maximum absolute atomic E-state index is 13.5. The molecule has 0 bridgehead atoms. The Bertz CT molecular complexity index is 1190. The Kier molecular flexibility index (Phi) is 5.58. The van der Waals surface area contributed by atoms with E-state index < -0.39 is 0 Å². The largest absolute Gasteiger partial charge is 0.477 e. The first-order valence-corrected chi connectivity index (χ1v) is 9.47. The zero-order valence-electron chi connectivity index (χ0n) is 17.0. The summed E-state index contributed by atoms with van der Waals surface area (Å²) in [4.78, 5) is 4.64. The third-order valence-electron chi connectivity index (χ3n) is 4.81. The number of aryl methyl sites for hydroxylation is 1. The van der Waals surface area contributed by atoms with E-state index in [1.54, 1.807) is 13.2 Å². The van der Waals surface area contributed by atoms with Crippen molar-refractivity contribution < 1.29 is 13.9 Å². The number of halogens is 1. The van der Waals surface area contributed by atoms with Crippen LogP contribution < -0.4 is 10.1 Å². The van der Waals surface area contributed by atoms with E-state index in [0.29, 0.717) is 24.9 Å². The quantitative estimate of drug-likeness (QED) is 0.499. The molecular weight excluding hydrogens is 385 g/mol. The molecule has 4 aromatic rings. The SMILES string of the molecule is COCc1cccc2c1cc(C)n2-c1nnc(OC)c(NCc2cccc(F)c2)n1. The van der Waals surface area contributed by atoms with Gasteiger partial charge < -0.3 is 14.8 Å². The van der Waals surface area contributed by atoms with Gasteiger partial charge in [0.1, 0.15) is 5.82 Å². The maximum atomic E-state index is 13.5. The number of methoxy groups -OCH3 is 2. The summed E-state index contributed by atoms with van der Waals surface area (Å²) in [5.41, 5.74) is 3.80. The number of nitrogens with zero attached hydrogens (tertiary/aromatic N) is 4. The van der Waals surface area contributed by atoms with Gasteiger partial charge in [0.15, 0.2) is 5.82 Å². The van der Waals surface area contributed by atoms with Gasteiger partial charge in [-0.3, -0.25) is 4.57 Å². The first-order chi connectivity index (χ1) is 14.6. The summed E-state index contributed by atoms with van der Waals surface area (Å²) in [5, 5.41) is 12.7. The van der Waals surface area contributed by atoms with Gasteiger partial charge in [0.2, 0.25) is 0 Å². The number of fused-ring (bicyclic) bond motifs is 1. The third-order valence-corrected chi connectivity index (χ3v) is 4.81. The van der Waals surface area contributed by atoms with Crippen LogP contribution >= 0.6 is 0 Å². The highest BCUT2D eigenvalue weighted by Crippen LogP contribution is 2.27. The number of hydrogen-bond acceptors (Lipinski definition) is 6. The number of anilines is 1. The third kappa shape index (κ3) is 3.81. The second-order valence-corrected chi connectivity index (χ2v) is 6.86. The van der Waals surface area contributed by atoms with Gasteiger partial charge in [0, 0.05) is 24.7 Å². The van der Waals surface area contributed by atoms with Gasteiger partial charge >= 0.3 is 0 Å². The Balaban J connectivity index is 1.72. The van der Waals surface area contributed by atoms with Crippen molar-refractivity contribution in [3.05, 3.63) is 71.2 Å². The first kappa shape index (κ1) is 19.8. The predicted octanol–water partition coefficient (Wildman–Crippen LogP) is 4.03. The highest BCUT2D eigenvalue weighted by molar-refractivity contribution is 5.86. The number of rotatable bonds is 7. The molecule has 8 heteroatoms. The molecule has 0 spiro atoms. The van der Waals surface area contributed by atoms with Crippen LogP contribution in [0.3, 0.4) is 0 Å². The molecule has 4 rings (SSSR count). The fraction of sp³-hybridized carbons (Fsp3) is 0.227. The fourth-order valence-corrected chi connectivity index (χ4v) is 3.46. The lowest BCUT2D eigenvalue weighted by Crippen LogP contribution is -2.11. The van der Waals surface area contributed by atoms with E-state index in [4.69, 9.17) is 9.47 Å². The summed E-state index contributed by atoms with van der Waals surface area (Å²) in [6, 6.07) is 14.5. The maximum Gasteiger partial charge on any atom is 0.276 e. The summed E-state index contributed by atoms with van der Waals surface area (Å²) in [7, 11) is 3.18. The smallest absolute Gasteiger partial charge is 0.276 e. The Morgan fingerprint density at radius 1 is 1.07 bits per heavy atom. The van der Waals surface area contributed by atoms with E-state index in [9.17, 15) is 4.39 Å². The van der Waals surface area contributed by atoms with Crippen LogP contribution in [0.1, 0.15) is 16.8 Å². The monoisotopic (exact) mass is 407 g/mol. The first-order valence-electron chi connectivity index (χ1n) is 9.47. The van der Waals surface area contributed by atoms with Crippen LogP contribution in [-0.2, 0) is 17.9 Å². The number of aromatic nitrogens is 4. The lowest BCUT2D eigenvalue weighted by atomic mass is 10.1. The molecule has 2 heterocycles. The molecule has 1 N–H and O–H groups in total. The van der Waals surface area contributed by atoms with E-state index >= 15 is 0 Å². The molecule has 0 amide bonds. The molecule has 0 fully saturated rings. The van der Waals surface area contributed by atoms with Gasteiger partial charge in [-0.1, -0.05) is 24.3 Å². The number of nitrogens with one attached hydrogen (secondary N) is 1. The van der Waals surface area contributed by atoms with Crippen LogP contribution in [0.2, 0.25) is 0 Å². The van der Waals surface area contributed by atoms with Gasteiger partial charge in [-0.15, -0.1) is 10.2 Å². The number of hydrogen-bond donors (Lipinski definition) is 1. The van der Waals surface area contributed by atoms with Crippen LogP contribution in [0, 0.1) is 12.7 Å². The average Bonchev–Trinajstić information content (AvgIpc) is 3.09. The van der Waals surface area contributed by atoms with E-state index in [2.05, 4.69) is 26.6 Å². The molecule has 0 atom stereocenters. The van der Waals surface area contributed by atoms with Crippen molar-refractivity contribution in [2.75, 3.05) is 19.5 Å². The summed E-state index contributed by atoms with van der Waals surface area (Å²) >= 11 is 0. The van der Waals surface area contributed by atoms with Crippen LogP contribution in [-0.4, -0.2) is 34.0 Å². The van der Waals surface area contributed by atoms with Crippen LogP contribution in [0.25, 0.3) is 16.9 Å². The van der Waals surface area contributed by atoms with Gasteiger partial charge in [-0.05, 0) is 42.3 Å². The molecule has 0 aliphatic heterocycles. The highest BCUT2D eigenvalue weighted by atomic mass is 19.1. The zero-order valence-corrected chi connectivity index (χ0v) is 17.0. The normalized spacial score (nSPS) is 11.1. The van der Waals surface area contributed by atoms with Crippen molar-refractivity contribution in [2.24, 2.45) is 0 Å². The molecule has 0 aliphatic carbocycles. The number of benzene rings is 2. The predicted molar refractivity (Wildman–Crippen MR) is 112 cm³/mol. The molecule has 0 aliphatic rings. The van der Waals surface area contributed by atoms with Crippen molar-refractivity contribution in [3.63, 3.8) is 0 Å². The second kappa shape index (κ2) is 8.46. The lowest BCUT2D eigenvalue weighted by molar-refractivity contribution is 0.186. The van der Waals surface area contributed by atoms with Crippen LogP contribution in [0.5, 0.6) is 5.88 Å². The summed E-state index contributed by atoms with van der Waals surface area (Å²) < 4.78 is 26.0.